The van der Waals surface area contributed by atoms with Crippen molar-refractivity contribution in [3.63, 3.8) is 0 Å². The number of aryl methyl sites for hydroxylation is 1. The van der Waals surface area contributed by atoms with Crippen LogP contribution in [0.5, 0.6) is 0 Å². The lowest BCUT2D eigenvalue weighted by atomic mass is 10.2. The van der Waals surface area contributed by atoms with Gasteiger partial charge in [-0.25, -0.2) is 9.78 Å². The Morgan fingerprint density at radius 3 is 2.75 bits per heavy atom. The average Bonchev–Trinajstić information content (AvgIpc) is 3.07. The highest BCUT2D eigenvalue weighted by molar-refractivity contribution is 5.90. The molecule has 0 N–H and O–H groups in total. The lowest BCUT2D eigenvalue weighted by molar-refractivity contribution is -0.137. The second-order valence-corrected chi connectivity index (χ2v) is 5.13. The number of carbonyl (C=O) groups excluding carboxylic acids is 1. The van der Waals surface area contributed by atoms with Gasteiger partial charge in [0.25, 0.3) is 0 Å². The Bertz CT molecular complexity index is 912. The summed E-state index contributed by atoms with van der Waals surface area (Å²) in [6.07, 6.45) is -3.09. The van der Waals surface area contributed by atoms with Crippen molar-refractivity contribution in [3.05, 3.63) is 47.1 Å². The van der Waals surface area contributed by atoms with Crippen molar-refractivity contribution < 1.29 is 27.1 Å². The fourth-order valence-electron chi connectivity index (χ4n) is 2.12. The number of hydrogen-bond acceptors (Lipinski definition) is 5. The number of aromatic nitrogens is 3. The van der Waals surface area contributed by atoms with E-state index in [1.165, 1.54) is 16.9 Å². The molecule has 0 spiro atoms. The van der Waals surface area contributed by atoms with Gasteiger partial charge in [0.1, 0.15) is 11.1 Å². The molecule has 1 aromatic carbocycles. The summed E-state index contributed by atoms with van der Waals surface area (Å²) in [4.78, 5) is 15.9. The van der Waals surface area contributed by atoms with Crippen molar-refractivity contribution in [1.29, 1.82) is 0 Å². The first kappa shape index (κ1) is 16.0. The number of carbonyl (C=O) groups is 1. The summed E-state index contributed by atoms with van der Waals surface area (Å²) >= 11 is 0. The number of esters is 1. The quantitative estimate of drug-likeness (QED) is 0.685. The predicted octanol–water partition coefficient (Wildman–Crippen LogP) is 3.25. The van der Waals surface area contributed by atoms with Gasteiger partial charge >= 0.3 is 12.1 Å². The summed E-state index contributed by atoms with van der Waals surface area (Å²) < 4.78 is 49.9. The monoisotopic (exact) mass is 339 g/mol. The molecule has 0 atom stereocenters. The van der Waals surface area contributed by atoms with E-state index in [0.717, 1.165) is 12.1 Å². The first-order valence-electron chi connectivity index (χ1n) is 6.88. The van der Waals surface area contributed by atoms with Gasteiger partial charge in [-0.2, -0.15) is 18.3 Å². The summed E-state index contributed by atoms with van der Waals surface area (Å²) in [5.41, 5.74) is 0.346. The van der Waals surface area contributed by atoms with Gasteiger partial charge in [-0.05, 0) is 25.1 Å². The van der Waals surface area contributed by atoms with Crippen LogP contribution in [0.2, 0.25) is 0 Å². The molecule has 0 radical (unpaired) electrons. The largest absolute Gasteiger partial charge is 0.452 e. The third-order valence-corrected chi connectivity index (χ3v) is 3.54. The van der Waals surface area contributed by atoms with E-state index in [1.54, 1.807) is 14.0 Å². The molecular formula is C15H12F3N3O3. The minimum atomic E-state index is -4.46. The van der Waals surface area contributed by atoms with E-state index in [9.17, 15) is 18.0 Å². The highest BCUT2D eigenvalue weighted by atomic mass is 19.4. The Kier molecular flexibility index (Phi) is 3.78. The zero-order valence-electron chi connectivity index (χ0n) is 12.7. The average molecular weight is 339 g/mol. The van der Waals surface area contributed by atoms with Gasteiger partial charge in [-0.15, -0.1) is 0 Å². The molecule has 0 bridgehead atoms. The van der Waals surface area contributed by atoms with Crippen LogP contribution < -0.4 is 0 Å². The smallest absolute Gasteiger partial charge is 0.416 e. The number of benzene rings is 1. The van der Waals surface area contributed by atoms with Crippen LogP contribution in [0.1, 0.15) is 27.5 Å². The van der Waals surface area contributed by atoms with Gasteiger partial charge in [-0.3, -0.25) is 4.68 Å². The molecule has 0 amide bonds. The van der Waals surface area contributed by atoms with Gasteiger partial charge in [0, 0.05) is 12.7 Å². The molecule has 0 aliphatic heterocycles. The van der Waals surface area contributed by atoms with Crippen LogP contribution in [0.25, 0.3) is 11.1 Å². The summed E-state index contributed by atoms with van der Waals surface area (Å²) in [5.74, 6) is -0.599. The number of halogens is 3. The summed E-state index contributed by atoms with van der Waals surface area (Å²) in [6, 6.07) is 2.97. The molecule has 9 heteroatoms. The molecule has 126 valence electrons. The number of rotatable bonds is 3. The van der Waals surface area contributed by atoms with Crippen LogP contribution >= 0.6 is 0 Å². The second-order valence-electron chi connectivity index (χ2n) is 5.13. The van der Waals surface area contributed by atoms with E-state index in [0.29, 0.717) is 11.3 Å². The Morgan fingerprint density at radius 1 is 1.38 bits per heavy atom. The Morgan fingerprint density at radius 2 is 2.12 bits per heavy atom. The zero-order chi connectivity index (χ0) is 17.5. The Balaban J connectivity index is 1.76. The Hall–Kier alpha value is -2.84. The second kappa shape index (κ2) is 5.66. The molecule has 0 saturated heterocycles. The third kappa shape index (κ3) is 2.97. The van der Waals surface area contributed by atoms with Gasteiger partial charge in [0.05, 0.1) is 11.8 Å². The molecule has 0 saturated carbocycles. The van der Waals surface area contributed by atoms with E-state index >= 15 is 0 Å². The molecule has 0 unspecified atom stereocenters. The number of ether oxygens (including phenoxy) is 1. The molecule has 0 aliphatic carbocycles. The van der Waals surface area contributed by atoms with E-state index in [4.69, 9.17) is 9.15 Å². The minimum absolute atomic E-state index is 0.0132. The number of alkyl halides is 3. The molecule has 0 fully saturated rings. The maximum absolute atomic E-state index is 12.7. The number of oxazole rings is 1. The maximum atomic E-state index is 12.7. The number of fused-ring (bicyclic) bond motifs is 1. The zero-order valence-corrected chi connectivity index (χ0v) is 12.7. The normalized spacial score (nSPS) is 11.9. The molecule has 2 heterocycles. The van der Waals surface area contributed by atoms with E-state index in [1.807, 2.05) is 0 Å². The van der Waals surface area contributed by atoms with E-state index in [-0.39, 0.29) is 23.6 Å². The fraction of sp³-hybridized carbons (Fsp3) is 0.267. The number of nitrogens with zero attached hydrogens (tertiary/aromatic N) is 3. The van der Waals surface area contributed by atoms with Crippen LogP contribution in [-0.2, 0) is 24.6 Å². The topological polar surface area (TPSA) is 70.2 Å². The van der Waals surface area contributed by atoms with Gasteiger partial charge < -0.3 is 9.15 Å². The fourth-order valence-corrected chi connectivity index (χ4v) is 2.12. The van der Waals surface area contributed by atoms with Gasteiger partial charge in [-0.1, -0.05) is 0 Å². The van der Waals surface area contributed by atoms with Gasteiger partial charge in [0.2, 0.25) is 5.89 Å². The minimum Gasteiger partial charge on any atom is -0.452 e. The SMILES string of the molecule is Cc1c(C(=O)OCc2nc3cc(C(F)(F)F)ccc3o2)cnn1C. The molecule has 3 aromatic rings. The lowest BCUT2D eigenvalue weighted by Crippen LogP contribution is -2.07. The van der Waals surface area contributed by atoms with Crippen molar-refractivity contribution >= 4 is 17.1 Å². The first-order valence-corrected chi connectivity index (χ1v) is 6.88. The maximum Gasteiger partial charge on any atom is 0.416 e. The molecular weight excluding hydrogens is 327 g/mol. The first-order chi connectivity index (χ1) is 11.3. The van der Waals surface area contributed by atoms with Crippen LogP contribution in [0, 0.1) is 6.92 Å². The van der Waals surface area contributed by atoms with Crippen LogP contribution in [0.3, 0.4) is 0 Å². The molecule has 3 rings (SSSR count). The highest BCUT2D eigenvalue weighted by Crippen LogP contribution is 2.31. The molecule has 0 aliphatic rings. The van der Waals surface area contributed by atoms with Crippen molar-refractivity contribution in [2.45, 2.75) is 19.7 Å². The predicted molar refractivity (Wildman–Crippen MR) is 76.1 cm³/mol. The lowest BCUT2D eigenvalue weighted by Gasteiger charge is -2.04. The summed E-state index contributed by atoms with van der Waals surface area (Å²) in [6.45, 7) is 1.42. The van der Waals surface area contributed by atoms with Gasteiger partial charge in [0.15, 0.2) is 12.2 Å². The van der Waals surface area contributed by atoms with E-state index < -0.39 is 17.7 Å². The standard InChI is InChI=1S/C15H12F3N3O3/c1-8-10(6-19-21(8)2)14(22)23-7-13-20-11-5-9(15(16,17)18)3-4-12(11)24-13/h3-6H,7H2,1-2H3. The summed E-state index contributed by atoms with van der Waals surface area (Å²) in [5, 5.41) is 3.93. The third-order valence-electron chi connectivity index (χ3n) is 3.54. The van der Waals surface area contributed by atoms with Crippen LogP contribution in [0.4, 0.5) is 13.2 Å². The van der Waals surface area contributed by atoms with E-state index in [2.05, 4.69) is 10.1 Å². The number of hydrogen-bond donors (Lipinski definition) is 0. The summed E-state index contributed by atoms with van der Waals surface area (Å²) in [7, 11) is 1.69. The van der Waals surface area contributed by atoms with Crippen molar-refractivity contribution in [3.8, 4) is 0 Å². The van der Waals surface area contributed by atoms with Crippen LogP contribution in [-0.4, -0.2) is 20.7 Å². The Labute approximate surface area is 133 Å². The van der Waals surface area contributed by atoms with Crippen molar-refractivity contribution in [2.75, 3.05) is 0 Å². The molecule has 6 nitrogen and oxygen atoms in total. The van der Waals surface area contributed by atoms with Crippen molar-refractivity contribution in [2.24, 2.45) is 7.05 Å². The highest BCUT2D eigenvalue weighted by Gasteiger charge is 2.31. The molecule has 24 heavy (non-hydrogen) atoms. The molecule has 2 aromatic heterocycles. The van der Waals surface area contributed by atoms with Crippen molar-refractivity contribution in [1.82, 2.24) is 14.8 Å². The van der Waals surface area contributed by atoms with Crippen LogP contribution in [0.15, 0.2) is 28.8 Å².